The van der Waals surface area contributed by atoms with Crippen molar-refractivity contribution >= 4 is 110 Å². The number of benzene rings is 10. The summed E-state index contributed by atoms with van der Waals surface area (Å²) < 4.78 is 13.9. The normalized spacial score (nSPS) is 12.2. The van der Waals surface area contributed by atoms with E-state index in [2.05, 4.69) is 223 Å². The van der Waals surface area contributed by atoms with Crippen molar-refractivity contribution in [1.82, 2.24) is 0 Å². The molecule has 66 heavy (non-hydrogen) atoms. The lowest BCUT2D eigenvalue weighted by atomic mass is 9.84. The molecule has 0 bridgehead atoms. The van der Waals surface area contributed by atoms with Gasteiger partial charge in [0.15, 0.2) is 11.2 Å². The third-order valence-electron chi connectivity index (χ3n) is 14.1. The highest BCUT2D eigenvalue weighted by atomic mass is 16.3. The lowest BCUT2D eigenvalue weighted by Crippen LogP contribution is -2.13. The topological polar surface area (TPSA) is 32.8 Å². The molecule has 2 heterocycles. The molecule has 0 saturated carbocycles. The van der Waals surface area contributed by atoms with E-state index in [1.165, 1.54) is 54.6 Å². The van der Waals surface area contributed by atoms with E-state index in [9.17, 15) is 0 Å². The summed E-state index contributed by atoms with van der Waals surface area (Å²) in [6, 6.07) is 58.4. The molecule has 4 heteroatoms. The second-order valence-corrected chi connectivity index (χ2v) is 19.1. The molecule has 0 aliphatic carbocycles. The third kappa shape index (κ3) is 5.97. The first-order valence-electron chi connectivity index (χ1n) is 23.4. The van der Waals surface area contributed by atoms with Gasteiger partial charge < -0.3 is 18.6 Å². The maximum atomic E-state index is 6.94. The lowest BCUT2D eigenvalue weighted by Gasteiger charge is -2.31. The van der Waals surface area contributed by atoms with E-state index in [-0.39, 0.29) is 11.8 Å². The van der Waals surface area contributed by atoms with Crippen LogP contribution in [-0.2, 0) is 0 Å². The Labute approximate surface area is 385 Å². The minimum absolute atomic E-state index is 0.250. The molecule has 0 unspecified atom stereocenters. The lowest BCUT2D eigenvalue weighted by molar-refractivity contribution is 0.665. The average molecular weight is 857 g/mol. The SMILES string of the molecule is Cc1ccc(N(c2cc(C(C)C)c3ccc4c(N(c5ccc(C)cc5)c5cccc6c5oc5c(C)cccc56)cc(C(C)C)c5ccc2c3c54)c2cccc3c2oc2c(C)cccc23)cc1. The summed E-state index contributed by atoms with van der Waals surface area (Å²) in [4.78, 5) is 4.90. The van der Waals surface area contributed by atoms with Crippen molar-refractivity contribution in [2.75, 3.05) is 9.80 Å². The first-order valence-corrected chi connectivity index (χ1v) is 23.4. The molecule has 0 aliphatic rings. The maximum Gasteiger partial charge on any atom is 0.159 e. The van der Waals surface area contributed by atoms with Crippen molar-refractivity contribution in [3.63, 3.8) is 0 Å². The summed E-state index contributed by atoms with van der Waals surface area (Å²) >= 11 is 0. The molecular formula is C62H52N2O2. The van der Waals surface area contributed by atoms with E-state index < -0.39 is 0 Å². The van der Waals surface area contributed by atoms with Gasteiger partial charge >= 0.3 is 0 Å². The zero-order valence-corrected chi connectivity index (χ0v) is 38.9. The number of para-hydroxylation sites is 4. The molecule has 0 N–H and O–H groups in total. The fraction of sp³-hybridized carbons (Fsp3) is 0.161. The Morgan fingerprint density at radius 1 is 0.333 bits per heavy atom. The summed E-state index contributed by atoms with van der Waals surface area (Å²) in [5.41, 5.74) is 17.4. The van der Waals surface area contributed by atoms with Crippen LogP contribution >= 0.6 is 0 Å². The molecule has 10 aromatic carbocycles. The fourth-order valence-corrected chi connectivity index (χ4v) is 10.8. The highest BCUT2D eigenvalue weighted by molar-refractivity contribution is 6.30. The minimum atomic E-state index is 0.250. The molecule has 0 fully saturated rings. The van der Waals surface area contributed by atoms with Gasteiger partial charge in [-0.1, -0.05) is 148 Å². The largest absolute Gasteiger partial charge is 0.454 e. The molecular weight excluding hydrogens is 805 g/mol. The zero-order chi connectivity index (χ0) is 45.1. The van der Waals surface area contributed by atoms with E-state index in [4.69, 9.17) is 8.83 Å². The molecule has 4 nitrogen and oxygen atoms in total. The fourth-order valence-electron chi connectivity index (χ4n) is 10.8. The molecule has 0 saturated heterocycles. The number of aryl methyl sites for hydroxylation is 4. The number of furan rings is 2. The van der Waals surface area contributed by atoms with Crippen LogP contribution in [0.1, 0.15) is 72.9 Å². The highest BCUT2D eigenvalue weighted by Crippen LogP contribution is 2.53. The van der Waals surface area contributed by atoms with Crippen LogP contribution in [0.2, 0.25) is 0 Å². The molecule has 0 aliphatic heterocycles. The van der Waals surface area contributed by atoms with Gasteiger partial charge in [-0.3, -0.25) is 0 Å². The van der Waals surface area contributed by atoms with Crippen LogP contribution in [0.5, 0.6) is 0 Å². The van der Waals surface area contributed by atoms with Crippen molar-refractivity contribution in [1.29, 1.82) is 0 Å². The van der Waals surface area contributed by atoms with Crippen molar-refractivity contribution in [2.45, 2.75) is 67.2 Å². The number of fused-ring (bicyclic) bond motifs is 6. The summed E-state index contributed by atoms with van der Waals surface area (Å²) in [5.74, 6) is 0.500. The molecule has 2 aromatic heterocycles. The van der Waals surface area contributed by atoms with Crippen molar-refractivity contribution in [3.8, 4) is 0 Å². The number of anilines is 6. The molecule has 322 valence electrons. The number of hydrogen-bond donors (Lipinski definition) is 0. The van der Waals surface area contributed by atoms with E-state index in [0.29, 0.717) is 0 Å². The predicted molar refractivity (Wildman–Crippen MR) is 281 cm³/mol. The Hall–Kier alpha value is -7.56. The van der Waals surface area contributed by atoms with Gasteiger partial charge in [-0.15, -0.1) is 0 Å². The second kappa shape index (κ2) is 15.0. The Bertz CT molecular complexity index is 3610. The minimum Gasteiger partial charge on any atom is -0.454 e. The second-order valence-electron chi connectivity index (χ2n) is 19.1. The molecule has 0 atom stereocenters. The molecule has 0 spiro atoms. The first kappa shape index (κ1) is 40.0. The number of nitrogens with zero attached hydrogens (tertiary/aromatic N) is 2. The standard InChI is InChI=1S/C62H52N2O2/c1-35(2)51-33-55(63(41-25-21-37(5)22-26-41)53-19-11-17-47-45-15-9-13-39(7)59(45)65-61(47)53)49-32-30-44-52(36(3)4)34-56(50-31-29-43(51)57(49)58(44)50)64(42-27-23-38(6)24-28-42)54-20-12-18-48-46-16-10-14-40(8)60(46)66-62(48)54/h9-36H,1-8H3. The molecule has 12 rings (SSSR count). The van der Waals surface area contributed by atoms with Crippen LogP contribution in [0.25, 0.3) is 76.2 Å². The average Bonchev–Trinajstić information content (AvgIpc) is 3.91. The van der Waals surface area contributed by atoms with Crippen LogP contribution in [-0.4, -0.2) is 0 Å². The van der Waals surface area contributed by atoms with Gasteiger partial charge in [0.2, 0.25) is 0 Å². The van der Waals surface area contributed by atoms with Gasteiger partial charge in [-0.05, 0) is 132 Å². The van der Waals surface area contributed by atoms with Gasteiger partial charge in [0.25, 0.3) is 0 Å². The van der Waals surface area contributed by atoms with Crippen LogP contribution < -0.4 is 9.80 Å². The number of hydrogen-bond acceptors (Lipinski definition) is 4. The Morgan fingerprint density at radius 2 is 0.682 bits per heavy atom. The first-order chi connectivity index (χ1) is 32.0. The monoisotopic (exact) mass is 856 g/mol. The van der Waals surface area contributed by atoms with Gasteiger partial charge in [0.1, 0.15) is 11.2 Å². The van der Waals surface area contributed by atoms with Gasteiger partial charge in [-0.25, -0.2) is 0 Å². The van der Waals surface area contributed by atoms with Crippen LogP contribution in [0.15, 0.2) is 167 Å². The van der Waals surface area contributed by atoms with Crippen LogP contribution in [0.4, 0.5) is 34.1 Å². The van der Waals surface area contributed by atoms with Crippen LogP contribution in [0.3, 0.4) is 0 Å². The van der Waals surface area contributed by atoms with Gasteiger partial charge in [-0.2, -0.15) is 0 Å². The maximum absolute atomic E-state index is 6.94. The summed E-state index contributed by atoms with van der Waals surface area (Å²) in [7, 11) is 0. The summed E-state index contributed by atoms with van der Waals surface area (Å²) in [6.07, 6.45) is 0. The van der Waals surface area contributed by atoms with E-state index >= 15 is 0 Å². The van der Waals surface area contributed by atoms with Crippen molar-refractivity contribution in [3.05, 3.63) is 191 Å². The molecule has 0 amide bonds. The molecule has 12 aromatic rings. The highest BCUT2D eigenvalue weighted by Gasteiger charge is 2.28. The van der Waals surface area contributed by atoms with Gasteiger partial charge in [0, 0.05) is 43.7 Å². The van der Waals surface area contributed by atoms with Gasteiger partial charge in [0.05, 0.1) is 22.7 Å². The predicted octanol–water partition coefficient (Wildman–Crippen LogP) is 18.8. The number of rotatable bonds is 8. The summed E-state index contributed by atoms with van der Waals surface area (Å²) in [6.45, 7) is 17.9. The quantitative estimate of drug-likeness (QED) is 0.143. The Morgan fingerprint density at radius 3 is 1.06 bits per heavy atom. The third-order valence-corrected chi connectivity index (χ3v) is 14.1. The summed E-state index contributed by atoms with van der Waals surface area (Å²) in [5, 5.41) is 12.0. The Balaban J connectivity index is 1.21. The van der Waals surface area contributed by atoms with Crippen molar-refractivity contribution < 1.29 is 8.83 Å². The van der Waals surface area contributed by atoms with E-state index in [0.717, 1.165) is 89.1 Å². The molecule has 0 radical (unpaired) electrons. The van der Waals surface area contributed by atoms with Crippen LogP contribution in [0, 0.1) is 27.7 Å². The van der Waals surface area contributed by atoms with Crippen molar-refractivity contribution in [2.24, 2.45) is 0 Å². The van der Waals surface area contributed by atoms with E-state index in [1.807, 2.05) is 0 Å². The zero-order valence-electron chi connectivity index (χ0n) is 38.9. The Kier molecular flexibility index (Phi) is 9.09. The smallest absolute Gasteiger partial charge is 0.159 e. The van der Waals surface area contributed by atoms with E-state index in [1.54, 1.807) is 0 Å².